The van der Waals surface area contributed by atoms with Gasteiger partial charge in [0.15, 0.2) is 0 Å². The molecule has 1 saturated carbocycles. The molecule has 0 bridgehead atoms. The first-order chi connectivity index (χ1) is 18.4. The molecule has 0 N–H and O–H groups in total. The highest BCUT2D eigenvalue weighted by molar-refractivity contribution is 6.30. The molecular formula is C29H23ClN4O4. The van der Waals surface area contributed by atoms with Gasteiger partial charge >= 0.3 is 0 Å². The largest absolute Gasteiger partial charge is 0.326 e. The van der Waals surface area contributed by atoms with E-state index in [2.05, 4.69) is 4.57 Å². The normalized spacial score (nSPS) is 15.9. The van der Waals surface area contributed by atoms with Crippen LogP contribution in [0.4, 0.5) is 11.4 Å². The molecule has 1 aromatic heterocycles. The molecule has 1 atom stereocenters. The van der Waals surface area contributed by atoms with Gasteiger partial charge in [-0.15, -0.1) is 0 Å². The molecule has 1 aliphatic heterocycles. The monoisotopic (exact) mass is 526 g/mol. The van der Waals surface area contributed by atoms with Crippen molar-refractivity contribution in [2.24, 2.45) is 0 Å². The van der Waals surface area contributed by atoms with Crippen molar-refractivity contribution >= 4 is 34.8 Å². The number of nitro benzene ring substituents is 1. The van der Waals surface area contributed by atoms with Crippen LogP contribution in [0.25, 0.3) is 5.69 Å². The summed E-state index contributed by atoms with van der Waals surface area (Å²) in [6.45, 7) is -0.147. The standard InChI is InChI=1S/C29H23ClN4O4/c30-21-12-10-19(11-13-21)28-26-9-4-16-31(26)24-7-1-2-8-25(24)33(28)27(35)18-32(22-14-15-22)29(36)20-5-3-6-23(17-20)34(37)38/h1-13,16-17,22,28H,14-15,18H2. The Kier molecular flexibility index (Phi) is 5.96. The van der Waals surface area contributed by atoms with Crippen LogP contribution in [-0.2, 0) is 4.79 Å². The van der Waals surface area contributed by atoms with Crippen molar-refractivity contribution < 1.29 is 14.5 Å². The SMILES string of the molecule is O=C(c1cccc([N+](=O)[O-])c1)N(CC(=O)N1c2ccccc2-n2cccc2C1c1ccc(Cl)cc1)C1CC1. The van der Waals surface area contributed by atoms with Crippen molar-refractivity contribution in [1.29, 1.82) is 0 Å². The summed E-state index contributed by atoms with van der Waals surface area (Å²) in [5, 5.41) is 11.9. The van der Waals surface area contributed by atoms with Gasteiger partial charge in [0.2, 0.25) is 5.91 Å². The van der Waals surface area contributed by atoms with Gasteiger partial charge in [-0.1, -0.05) is 41.9 Å². The number of carbonyl (C=O) groups is 2. The van der Waals surface area contributed by atoms with Crippen LogP contribution in [0.3, 0.4) is 0 Å². The summed E-state index contributed by atoms with van der Waals surface area (Å²) in [5.41, 5.74) is 3.45. The molecule has 3 aromatic carbocycles. The number of hydrogen-bond acceptors (Lipinski definition) is 4. The average molecular weight is 527 g/mol. The lowest BCUT2D eigenvalue weighted by Crippen LogP contribution is -2.47. The molecule has 0 radical (unpaired) electrons. The Balaban J connectivity index is 1.39. The number of halogens is 1. The minimum Gasteiger partial charge on any atom is -0.326 e. The molecule has 1 unspecified atom stereocenters. The molecule has 38 heavy (non-hydrogen) atoms. The lowest BCUT2D eigenvalue weighted by atomic mass is 9.97. The molecule has 4 aromatic rings. The smallest absolute Gasteiger partial charge is 0.270 e. The highest BCUT2D eigenvalue weighted by Crippen LogP contribution is 2.43. The zero-order valence-corrected chi connectivity index (χ0v) is 21.0. The number of fused-ring (bicyclic) bond motifs is 3. The fraction of sp³-hybridized carbons (Fsp3) is 0.172. The molecule has 9 heteroatoms. The Labute approximate surface area is 223 Å². The van der Waals surface area contributed by atoms with Crippen LogP contribution in [0.15, 0.2) is 91.1 Å². The third-order valence-electron chi connectivity index (χ3n) is 7.03. The maximum atomic E-state index is 14.2. The van der Waals surface area contributed by atoms with Gasteiger partial charge in [0.1, 0.15) is 12.6 Å². The summed E-state index contributed by atoms with van der Waals surface area (Å²) < 4.78 is 2.07. The summed E-state index contributed by atoms with van der Waals surface area (Å²) >= 11 is 6.17. The highest BCUT2D eigenvalue weighted by atomic mass is 35.5. The van der Waals surface area contributed by atoms with Crippen molar-refractivity contribution in [1.82, 2.24) is 9.47 Å². The Morgan fingerprint density at radius 2 is 1.68 bits per heavy atom. The Hall–Kier alpha value is -4.43. The quantitative estimate of drug-likeness (QED) is 0.235. The van der Waals surface area contributed by atoms with E-state index >= 15 is 0 Å². The fourth-order valence-electron chi connectivity index (χ4n) is 5.12. The number of anilines is 1. The third-order valence-corrected chi connectivity index (χ3v) is 7.28. The topological polar surface area (TPSA) is 88.7 Å². The van der Waals surface area contributed by atoms with E-state index in [1.807, 2.05) is 54.7 Å². The maximum Gasteiger partial charge on any atom is 0.270 e. The van der Waals surface area contributed by atoms with Crippen LogP contribution in [0.2, 0.25) is 5.02 Å². The first-order valence-corrected chi connectivity index (χ1v) is 12.7. The Morgan fingerprint density at radius 1 is 0.947 bits per heavy atom. The van der Waals surface area contributed by atoms with E-state index in [0.717, 1.165) is 35.5 Å². The predicted molar refractivity (Wildman–Crippen MR) is 144 cm³/mol. The second kappa shape index (κ2) is 9.46. The van der Waals surface area contributed by atoms with E-state index in [4.69, 9.17) is 11.6 Å². The average Bonchev–Trinajstić information content (AvgIpc) is 3.66. The molecule has 2 aliphatic rings. The number of nitro groups is 1. The minimum atomic E-state index is -0.528. The van der Waals surface area contributed by atoms with Crippen molar-refractivity contribution in [2.45, 2.75) is 24.9 Å². The summed E-state index contributed by atoms with van der Waals surface area (Å²) in [6, 6.07) is 24.2. The number of aromatic nitrogens is 1. The van der Waals surface area contributed by atoms with Gasteiger partial charge in [0.05, 0.1) is 22.0 Å². The summed E-state index contributed by atoms with van der Waals surface area (Å²) in [5.74, 6) is -0.628. The van der Waals surface area contributed by atoms with Crippen molar-refractivity contribution in [3.63, 3.8) is 0 Å². The lowest BCUT2D eigenvalue weighted by molar-refractivity contribution is -0.384. The Bertz CT molecular complexity index is 1560. The van der Waals surface area contributed by atoms with Gasteiger partial charge in [0, 0.05) is 35.0 Å². The molecule has 2 heterocycles. The summed E-state index contributed by atoms with van der Waals surface area (Å²) in [4.78, 5) is 41.8. The molecule has 0 saturated heterocycles. The van der Waals surface area contributed by atoms with Crippen LogP contribution < -0.4 is 4.90 Å². The van der Waals surface area contributed by atoms with Crippen LogP contribution >= 0.6 is 11.6 Å². The lowest BCUT2D eigenvalue weighted by Gasteiger charge is -2.39. The molecular weight excluding hydrogens is 504 g/mol. The van der Waals surface area contributed by atoms with Gasteiger partial charge in [-0.2, -0.15) is 0 Å². The second-order valence-electron chi connectivity index (χ2n) is 9.48. The van der Waals surface area contributed by atoms with Gasteiger partial charge < -0.3 is 9.47 Å². The zero-order valence-electron chi connectivity index (χ0n) is 20.2. The molecule has 8 nitrogen and oxygen atoms in total. The zero-order chi connectivity index (χ0) is 26.4. The first-order valence-electron chi connectivity index (χ1n) is 12.3. The maximum absolute atomic E-state index is 14.2. The first kappa shape index (κ1) is 23.9. The number of amides is 2. The van der Waals surface area contributed by atoms with E-state index in [-0.39, 0.29) is 35.7 Å². The van der Waals surface area contributed by atoms with E-state index in [1.54, 1.807) is 28.0 Å². The van der Waals surface area contributed by atoms with Gasteiger partial charge in [0.25, 0.3) is 11.6 Å². The number of carbonyl (C=O) groups excluding carboxylic acids is 2. The van der Waals surface area contributed by atoms with Crippen LogP contribution in [-0.4, -0.2) is 38.8 Å². The van der Waals surface area contributed by atoms with Crippen molar-refractivity contribution in [3.8, 4) is 5.69 Å². The molecule has 1 fully saturated rings. The predicted octanol–water partition coefficient (Wildman–Crippen LogP) is 5.78. The van der Waals surface area contributed by atoms with Gasteiger partial charge in [-0.05, 0) is 60.9 Å². The number of non-ortho nitro benzene ring substituents is 1. The molecule has 0 spiro atoms. The second-order valence-corrected chi connectivity index (χ2v) is 9.92. The van der Waals surface area contributed by atoms with Crippen LogP contribution in [0.1, 0.15) is 40.5 Å². The number of nitrogens with zero attached hydrogens (tertiary/aromatic N) is 4. The van der Waals surface area contributed by atoms with Crippen LogP contribution in [0, 0.1) is 10.1 Å². The van der Waals surface area contributed by atoms with Crippen molar-refractivity contribution in [2.75, 3.05) is 11.4 Å². The van der Waals surface area contributed by atoms with Crippen LogP contribution in [0.5, 0.6) is 0 Å². The number of rotatable bonds is 6. The highest BCUT2D eigenvalue weighted by Gasteiger charge is 2.40. The van der Waals surface area contributed by atoms with Gasteiger partial charge in [-0.25, -0.2) is 0 Å². The van der Waals surface area contributed by atoms with E-state index in [9.17, 15) is 19.7 Å². The molecule has 1 aliphatic carbocycles. The molecule has 2 amide bonds. The van der Waals surface area contributed by atoms with Gasteiger partial charge in [-0.3, -0.25) is 24.6 Å². The van der Waals surface area contributed by atoms with E-state index in [1.165, 1.54) is 18.2 Å². The number of para-hydroxylation sites is 2. The summed E-state index contributed by atoms with van der Waals surface area (Å²) in [7, 11) is 0. The third kappa shape index (κ3) is 4.22. The van der Waals surface area contributed by atoms with E-state index in [0.29, 0.717) is 5.02 Å². The van der Waals surface area contributed by atoms with Crippen molar-refractivity contribution in [3.05, 3.63) is 123 Å². The number of hydrogen-bond donors (Lipinski definition) is 0. The van der Waals surface area contributed by atoms with E-state index < -0.39 is 11.0 Å². The number of benzene rings is 3. The fourth-order valence-corrected chi connectivity index (χ4v) is 5.24. The molecule has 6 rings (SSSR count). The minimum absolute atomic E-state index is 0.0800. The Morgan fingerprint density at radius 3 is 2.39 bits per heavy atom. The summed E-state index contributed by atoms with van der Waals surface area (Å²) in [6.07, 6.45) is 3.54. The molecule has 190 valence electrons.